The summed E-state index contributed by atoms with van der Waals surface area (Å²) in [7, 11) is 0. The van der Waals surface area contributed by atoms with Gasteiger partial charge < -0.3 is 10.1 Å². The van der Waals surface area contributed by atoms with Gasteiger partial charge in [-0.1, -0.05) is 12.8 Å². The molecule has 1 aromatic rings. The van der Waals surface area contributed by atoms with E-state index in [4.69, 9.17) is 4.74 Å². The van der Waals surface area contributed by atoms with Gasteiger partial charge in [-0.15, -0.1) is 0 Å². The number of hydrogen-bond donors (Lipinski definition) is 1. The van der Waals surface area contributed by atoms with E-state index < -0.39 is 0 Å². The summed E-state index contributed by atoms with van der Waals surface area (Å²) in [5.41, 5.74) is 0. The summed E-state index contributed by atoms with van der Waals surface area (Å²) < 4.78 is 19.4. The zero-order valence-electron chi connectivity index (χ0n) is 10.6. The summed E-state index contributed by atoms with van der Waals surface area (Å²) in [5, 5.41) is 3.52. The fourth-order valence-corrected chi connectivity index (χ4v) is 2.74. The smallest absolute Gasteiger partial charge is 0.134 e. The zero-order chi connectivity index (χ0) is 13.0. The van der Waals surface area contributed by atoms with Crippen LogP contribution in [0.15, 0.2) is 22.7 Å². The summed E-state index contributed by atoms with van der Waals surface area (Å²) in [4.78, 5) is 0. The summed E-state index contributed by atoms with van der Waals surface area (Å²) in [6, 6.07) is 5.14. The number of ether oxygens (including phenoxy) is 1. The average Bonchev–Trinajstić information content (AvgIpc) is 2.83. The van der Waals surface area contributed by atoms with Crippen molar-refractivity contribution >= 4 is 15.9 Å². The van der Waals surface area contributed by atoms with Crippen LogP contribution < -0.4 is 10.1 Å². The Hall–Kier alpha value is -0.610. The first-order valence-corrected chi connectivity index (χ1v) is 7.29. The van der Waals surface area contributed by atoms with Crippen LogP contribution in [0.2, 0.25) is 0 Å². The topological polar surface area (TPSA) is 21.3 Å². The van der Waals surface area contributed by atoms with E-state index in [-0.39, 0.29) is 11.9 Å². The van der Waals surface area contributed by atoms with Gasteiger partial charge in [0.05, 0.1) is 4.47 Å². The Bertz CT molecular complexity index is 393. The molecule has 0 heterocycles. The van der Waals surface area contributed by atoms with E-state index in [2.05, 4.69) is 21.2 Å². The Labute approximate surface area is 116 Å². The van der Waals surface area contributed by atoms with Crippen molar-refractivity contribution in [2.45, 2.75) is 44.8 Å². The highest BCUT2D eigenvalue weighted by molar-refractivity contribution is 9.10. The van der Waals surface area contributed by atoms with Crippen molar-refractivity contribution in [2.24, 2.45) is 0 Å². The molecule has 2 nitrogen and oxygen atoms in total. The molecular weight excluding hydrogens is 297 g/mol. The molecule has 1 aliphatic rings. The molecule has 0 amide bonds. The van der Waals surface area contributed by atoms with Crippen LogP contribution in [-0.2, 0) is 0 Å². The van der Waals surface area contributed by atoms with Gasteiger partial charge in [-0.05, 0) is 53.9 Å². The van der Waals surface area contributed by atoms with Crippen molar-refractivity contribution in [2.75, 3.05) is 6.54 Å². The number of nitrogens with one attached hydrogen (secondary N) is 1. The second-order valence-electron chi connectivity index (χ2n) is 4.89. The normalized spacial score (nSPS) is 17.9. The third-order valence-corrected chi connectivity index (χ3v) is 3.89. The first-order valence-electron chi connectivity index (χ1n) is 6.50. The van der Waals surface area contributed by atoms with Gasteiger partial charge in [0.2, 0.25) is 0 Å². The molecule has 1 unspecified atom stereocenters. The number of benzene rings is 1. The summed E-state index contributed by atoms with van der Waals surface area (Å²) in [6.45, 7) is 2.85. The fourth-order valence-electron chi connectivity index (χ4n) is 2.29. The van der Waals surface area contributed by atoms with Gasteiger partial charge in [0.1, 0.15) is 17.7 Å². The maximum Gasteiger partial charge on any atom is 0.134 e. The molecule has 1 atom stereocenters. The molecule has 0 radical (unpaired) electrons. The van der Waals surface area contributed by atoms with E-state index in [0.717, 1.165) is 6.54 Å². The Kier molecular flexibility index (Phi) is 5.01. The van der Waals surface area contributed by atoms with Crippen LogP contribution in [0.25, 0.3) is 0 Å². The van der Waals surface area contributed by atoms with Crippen molar-refractivity contribution < 1.29 is 9.13 Å². The number of hydrogen-bond acceptors (Lipinski definition) is 2. The summed E-state index contributed by atoms with van der Waals surface area (Å²) >= 11 is 3.31. The van der Waals surface area contributed by atoms with Crippen LogP contribution >= 0.6 is 15.9 Å². The van der Waals surface area contributed by atoms with Crippen molar-refractivity contribution in [3.8, 4) is 5.75 Å². The quantitative estimate of drug-likeness (QED) is 0.890. The molecule has 0 aliphatic heterocycles. The molecule has 4 heteroatoms. The van der Waals surface area contributed by atoms with Crippen molar-refractivity contribution in [1.82, 2.24) is 5.32 Å². The highest BCUT2D eigenvalue weighted by atomic mass is 79.9. The molecule has 2 rings (SSSR count). The number of rotatable bonds is 5. The number of halogens is 2. The van der Waals surface area contributed by atoms with Gasteiger partial charge in [-0.3, -0.25) is 0 Å². The Morgan fingerprint density at radius 2 is 2.17 bits per heavy atom. The van der Waals surface area contributed by atoms with Crippen LogP contribution in [0.3, 0.4) is 0 Å². The van der Waals surface area contributed by atoms with Gasteiger partial charge in [-0.25, -0.2) is 4.39 Å². The Morgan fingerprint density at radius 3 is 2.83 bits per heavy atom. The summed E-state index contributed by atoms with van der Waals surface area (Å²) in [6.07, 6.45) is 5.28. The minimum absolute atomic E-state index is 0.0763. The van der Waals surface area contributed by atoms with E-state index >= 15 is 0 Å². The van der Waals surface area contributed by atoms with Crippen LogP contribution in [-0.4, -0.2) is 18.7 Å². The lowest BCUT2D eigenvalue weighted by atomic mass is 10.2. The molecule has 0 spiro atoms. The fraction of sp³-hybridized carbons (Fsp3) is 0.571. The van der Waals surface area contributed by atoms with Crippen LogP contribution in [0.4, 0.5) is 4.39 Å². The lowest BCUT2D eigenvalue weighted by Crippen LogP contribution is -2.35. The maximum absolute atomic E-state index is 12.9. The van der Waals surface area contributed by atoms with Crippen molar-refractivity contribution in [1.29, 1.82) is 0 Å². The summed E-state index contributed by atoms with van der Waals surface area (Å²) in [5.74, 6) is 0.433. The highest BCUT2D eigenvalue weighted by Gasteiger charge is 2.15. The Morgan fingerprint density at radius 1 is 1.44 bits per heavy atom. The minimum atomic E-state index is -0.258. The highest BCUT2D eigenvalue weighted by Crippen LogP contribution is 2.26. The van der Waals surface area contributed by atoms with E-state index in [1.54, 1.807) is 6.07 Å². The third kappa shape index (κ3) is 3.95. The molecule has 1 N–H and O–H groups in total. The molecule has 1 saturated carbocycles. The van der Waals surface area contributed by atoms with Gasteiger partial charge in [0.15, 0.2) is 0 Å². The van der Waals surface area contributed by atoms with E-state index in [1.807, 2.05) is 6.92 Å². The molecule has 100 valence electrons. The lowest BCUT2D eigenvalue weighted by Gasteiger charge is -2.19. The lowest BCUT2D eigenvalue weighted by molar-refractivity contribution is 0.210. The molecule has 1 aromatic carbocycles. The molecule has 0 saturated heterocycles. The average molecular weight is 316 g/mol. The van der Waals surface area contributed by atoms with E-state index in [0.29, 0.717) is 16.3 Å². The molecule has 1 fully saturated rings. The van der Waals surface area contributed by atoms with E-state index in [9.17, 15) is 4.39 Å². The van der Waals surface area contributed by atoms with Crippen molar-refractivity contribution in [3.63, 3.8) is 0 Å². The van der Waals surface area contributed by atoms with Gasteiger partial charge >= 0.3 is 0 Å². The molecule has 18 heavy (non-hydrogen) atoms. The minimum Gasteiger partial charge on any atom is -0.488 e. The third-order valence-electron chi connectivity index (χ3n) is 3.27. The molecule has 0 aromatic heterocycles. The zero-order valence-corrected chi connectivity index (χ0v) is 12.2. The second-order valence-corrected chi connectivity index (χ2v) is 5.75. The molecular formula is C14H19BrFNO. The van der Waals surface area contributed by atoms with Crippen LogP contribution in [0, 0.1) is 5.82 Å². The van der Waals surface area contributed by atoms with Crippen LogP contribution in [0.5, 0.6) is 5.75 Å². The van der Waals surface area contributed by atoms with Gasteiger partial charge in [0.25, 0.3) is 0 Å². The Balaban J connectivity index is 1.80. The largest absolute Gasteiger partial charge is 0.488 e. The first kappa shape index (κ1) is 13.8. The first-order chi connectivity index (χ1) is 8.65. The van der Waals surface area contributed by atoms with E-state index in [1.165, 1.54) is 37.8 Å². The SMILES string of the molecule is CC(CNC1CCCC1)Oc1ccc(F)cc1Br. The second kappa shape index (κ2) is 6.53. The monoisotopic (exact) mass is 315 g/mol. The predicted octanol–water partition coefficient (Wildman–Crippen LogP) is 3.89. The predicted molar refractivity (Wildman–Crippen MR) is 74.4 cm³/mol. The molecule has 0 bridgehead atoms. The molecule has 1 aliphatic carbocycles. The van der Waals surface area contributed by atoms with Crippen LogP contribution in [0.1, 0.15) is 32.6 Å². The van der Waals surface area contributed by atoms with Gasteiger partial charge in [0, 0.05) is 12.6 Å². The maximum atomic E-state index is 12.9. The van der Waals surface area contributed by atoms with Gasteiger partial charge in [-0.2, -0.15) is 0 Å². The van der Waals surface area contributed by atoms with Crippen molar-refractivity contribution in [3.05, 3.63) is 28.5 Å². The standard InChI is InChI=1S/C14H19BrFNO/c1-10(9-17-12-4-2-3-5-12)18-14-7-6-11(16)8-13(14)15/h6-8,10,12,17H,2-5,9H2,1H3.